The monoisotopic (exact) mass is 235 g/mol. The Morgan fingerprint density at radius 2 is 2.47 bits per heavy atom. The van der Waals surface area contributed by atoms with Gasteiger partial charge in [-0.25, -0.2) is 13.1 Å². The second-order valence-electron chi connectivity index (χ2n) is 2.88. The van der Waals surface area contributed by atoms with Crippen LogP contribution >= 0.6 is 0 Å². The summed E-state index contributed by atoms with van der Waals surface area (Å²) in [6, 6.07) is 1.32. The summed E-state index contributed by atoms with van der Waals surface area (Å²) in [6.45, 7) is -0.0271. The molecule has 0 fully saturated rings. The number of ether oxygens (including phenoxy) is 1. The second kappa shape index (κ2) is 5.21. The van der Waals surface area contributed by atoms with Crippen LogP contribution in [0.3, 0.4) is 0 Å². The van der Waals surface area contributed by atoms with Gasteiger partial charge in [0.2, 0.25) is 0 Å². The molecule has 3 N–H and O–H groups in total. The number of sulfonamides is 1. The summed E-state index contributed by atoms with van der Waals surface area (Å²) in [5.74, 6) is 0. The van der Waals surface area contributed by atoms with Crippen molar-refractivity contribution in [3.8, 4) is 0 Å². The number of nitrogens with one attached hydrogen (secondary N) is 2. The maximum absolute atomic E-state index is 11.5. The van der Waals surface area contributed by atoms with E-state index in [9.17, 15) is 13.5 Å². The third-order valence-electron chi connectivity index (χ3n) is 1.63. The molecular weight excluding hydrogens is 222 g/mol. The first-order valence-corrected chi connectivity index (χ1v) is 5.70. The summed E-state index contributed by atoms with van der Waals surface area (Å²) >= 11 is 0. The molecule has 1 unspecified atom stereocenters. The van der Waals surface area contributed by atoms with E-state index in [1.54, 1.807) is 0 Å². The van der Waals surface area contributed by atoms with Crippen molar-refractivity contribution in [2.24, 2.45) is 0 Å². The van der Waals surface area contributed by atoms with Crippen LogP contribution in [0.1, 0.15) is 0 Å². The molecule has 0 amide bonds. The van der Waals surface area contributed by atoms with E-state index in [4.69, 9.17) is 0 Å². The van der Waals surface area contributed by atoms with E-state index in [0.29, 0.717) is 0 Å². The van der Waals surface area contributed by atoms with E-state index in [1.165, 1.54) is 19.4 Å². The first-order valence-electron chi connectivity index (χ1n) is 4.22. The fourth-order valence-electron chi connectivity index (χ4n) is 0.928. The Bertz CT molecular complexity index is 375. The number of methoxy groups -OCH3 is 1. The van der Waals surface area contributed by atoms with E-state index < -0.39 is 16.1 Å². The first-order chi connectivity index (χ1) is 7.06. The van der Waals surface area contributed by atoms with Gasteiger partial charge in [0.05, 0.1) is 18.9 Å². The predicted octanol–water partition coefficient (Wildman–Crippen LogP) is -1.30. The van der Waals surface area contributed by atoms with E-state index in [1.807, 2.05) is 0 Å². The van der Waals surface area contributed by atoms with Gasteiger partial charge >= 0.3 is 0 Å². The Morgan fingerprint density at radius 1 is 1.73 bits per heavy atom. The summed E-state index contributed by atoms with van der Waals surface area (Å²) in [5, 5.41) is 15.0. The van der Waals surface area contributed by atoms with Crippen molar-refractivity contribution in [1.29, 1.82) is 0 Å². The number of hydrogen-bond acceptors (Lipinski definition) is 5. The van der Waals surface area contributed by atoms with Crippen LogP contribution in [0, 0.1) is 0 Å². The molecule has 0 bridgehead atoms. The van der Waals surface area contributed by atoms with Crippen molar-refractivity contribution in [2.75, 3.05) is 20.3 Å². The van der Waals surface area contributed by atoms with Gasteiger partial charge in [-0.1, -0.05) is 0 Å². The zero-order valence-corrected chi connectivity index (χ0v) is 8.99. The fourth-order valence-corrected chi connectivity index (χ4v) is 1.91. The number of aromatic nitrogens is 2. The molecule has 15 heavy (non-hydrogen) atoms. The summed E-state index contributed by atoms with van der Waals surface area (Å²) in [5.41, 5.74) is 0. The molecule has 0 spiro atoms. The number of aromatic amines is 1. The quantitative estimate of drug-likeness (QED) is 0.568. The first kappa shape index (κ1) is 12.1. The summed E-state index contributed by atoms with van der Waals surface area (Å²) in [6.07, 6.45) is 0.466. The molecule has 8 heteroatoms. The number of aliphatic hydroxyl groups is 1. The number of hydrogen-bond donors (Lipinski definition) is 3. The molecule has 1 rings (SSSR count). The van der Waals surface area contributed by atoms with Crippen LogP contribution in [0.4, 0.5) is 0 Å². The summed E-state index contributed by atoms with van der Waals surface area (Å²) < 4.78 is 29.8. The maximum Gasteiger partial charge on any atom is 0.257 e. The van der Waals surface area contributed by atoms with Crippen molar-refractivity contribution in [3.63, 3.8) is 0 Å². The van der Waals surface area contributed by atoms with Crippen LogP contribution < -0.4 is 4.72 Å². The van der Waals surface area contributed by atoms with Crippen LogP contribution in [-0.4, -0.2) is 50.1 Å². The van der Waals surface area contributed by atoms with Crippen LogP contribution in [0.2, 0.25) is 0 Å². The van der Waals surface area contributed by atoms with Gasteiger partial charge in [0.25, 0.3) is 10.0 Å². The Hall–Kier alpha value is -0.960. The van der Waals surface area contributed by atoms with Gasteiger partial charge < -0.3 is 9.84 Å². The Kier molecular flexibility index (Phi) is 4.21. The van der Waals surface area contributed by atoms with Gasteiger partial charge in [-0.05, 0) is 6.07 Å². The lowest BCUT2D eigenvalue weighted by Crippen LogP contribution is -2.34. The topological polar surface area (TPSA) is 104 Å². The zero-order chi connectivity index (χ0) is 11.3. The van der Waals surface area contributed by atoms with E-state index in [0.717, 1.165) is 0 Å². The lowest BCUT2D eigenvalue weighted by atomic mass is 10.4. The van der Waals surface area contributed by atoms with Gasteiger partial charge in [0.1, 0.15) is 0 Å². The highest BCUT2D eigenvalue weighted by atomic mass is 32.2. The second-order valence-corrected chi connectivity index (χ2v) is 4.62. The van der Waals surface area contributed by atoms with Crippen LogP contribution in [-0.2, 0) is 14.8 Å². The number of rotatable bonds is 6. The molecule has 0 radical (unpaired) electrons. The lowest BCUT2D eigenvalue weighted by molar-refractivity contribution is 0.0679. The summed E-state index contributed by atoms with van der Waals surface area (Å²) in [4.78, 5) is 0. The largest absolute Gasteiger partial charge is 0.389 e. The van der Waals surface area contributed by atoms with Crippen molar-refractivity contribution < 1.29 is 18.3 Å². The molecule has 0 aliphatic rings. The molecule has 0 aliphatic carbocycles. The lowest BCUT2D eigenvalue weighted by Gasteiger charge is -2.09. The van der Waals surface area contributed by atoms with Gasteiger partial charge in [-0.2, -0.15) is 5.10 Å². The average molecular weight is 235 g/mol. The van der Waals surface area contributed by atoms with Crippen LogP contribution in [0.25, 0.3) is 0 Å². The third-order valence-corrected chi connectivity index (χ3v) is 2.99. The van der Waals surface area contributed by atoms with Gasteiger partial charge in [0.15, 0.2) is 5.03 Å². The minimum Gasteiger partial charge on any atom is -0.389 e. The molecule has 0 aliphatic heterocycles. The molecule has 1 atom stereocenters. The molecule has 0 aromatic carbocycles. The molecular formula is C7H13N3O4S. The van der Waals surface area contributed by atoms with Gasteiger partial charge in [0, 0.05) is 13.7 Å². The molecule has 1 aromatic heterocycles. The number of aliphatic hydroxyl groups excluding tert-OH is 1. The Morgan fingerprint density at radius 3 is 3.00 bits per heavy atom. The predicted molar refractivity (Wildman–Crippen MR) is 51.7 cm³/mol. The molecule has 0 saturated carbocycles. The molecule has 0 saturated heterocycles. The van der Waals surface area contributed by atoms with Crippen molar-refractivity contribution >= 4 is 10.0 Å². The van der Waals surface area contributed by atoms with Crippen molar-refractivity contribution in [1.82, 2.24) is 14.9 Å². The molecule has 7 nitrogen and oxygen atoms in total. The maximum atomic E-state index is 11.5. The third kappa shape index (κ3) is 3.59. The van der Waals surface area contributed by atoms with Gasteiger partial charge in [-0.15, -0.1) is 0 Å². The normalized spacial score (nSPS) is 14.0. The van der Waals surface area contributed by atoms with E-state index in [-0.39, 0.29) is 18.2 Å². The SMILES string of the molecule is COCC(O)CNS(=O)(=O)c1ccn[nH]1. The highest BCUT2D eigenvalue weighted by Crippen LogP contribution is 2.01. The fraction of sp³-hybridized carbons (Fsp3) is 0.571. The van der Waals surface area contributed by atoms with E-state index in [2.05, 4.69) is 19.7 Å². The number of nitrogens with zero attached hydrogens (tertiary/aromatic N) is 1. The van der Waals surface area contributed by atoms with Crippen molar-refractivity contribution in [3.05, 3.63) is 12.3 Å². The van der Waals surface area contributed by atoms with Crippen LogP contribution in [0.15, 0.2) is 17.3 Å². The molecule has 1 heterocycles. The van der Waals surface area contributed by atoms with Gasteiger partial charge in [-0.3, -0.25) is 5.10 Å². The van der Waals surface area contributed by atoms with Crippen LogP contribution in [0.5, 0.6) is 0 Å². The van der Waals surface area contributed by atoms with E-state index >= 15 is 0 Å². The number of H-pyrrole nitrogens is 1. The minimum atomic E-state index is -3.61. The molecule has 86 valence electrons. The standard InChI is InChI=1S/C7H13N3O4S/c1-14-5-6(11)4-9-15(12,13)7-2-3-8-10-7/h2-3,6,9,11H,4-5H2,1H3,(H,8,10). The average Bonchev–Trinajstić information content (AvgIpc) is 2.69. The highest BCUT2D eigenvalue weighted by Gasteiger charge is 2.16. The zero-order valence-electron chi connectivity index (χ0n) is 8.17. The Balaban J connectivity index is 2.52. The minimum absolute atomic E-state index is 0.0351. The highest BCUT2D eigenvalue weighted by molar-refractivity contribution is 7.89. The smallest absolute Gasteiger partial charge is 0.257 e. The summed E-state index contributed by atoms with van der Waals surface area (Å²) in [7, 11) is -2.19. The van der Waals surface area contributed by atoms with Crippen molar-refractivity contribution in [2.45, 2.75) is 11.1 Å². The molecule has 1 aromatic rings. The Labute approximate surface area is 87.5 Å².